The van der Waals surface area contributed by atoms with E-state index in [2.05, 4.69) is 30.5 Å². The van der Waals surface area contributed by atoms with Gasteiger partial charge in [0.15, 0.2) is 0 Å². The number of aromatic amines is 1. The van der Waals surface area contributed by atoms with Gasteiger partial charge in [0.25, 0.3) is 5.91 Å². The molecular weight excluding hydrogens is 386 g/mol. The number of para-hydroxylation sites is 1. The molecule has 4 rings (SSSR count). The molecule has 2 aliphatic heterocycles. The predicted molar refractivity (Wildman–Crippen MR) is 112 cm³/mol. The molecule has 1 unspecified atom stereocenters. The van der Waals surface area contributed by atoms with Gasteiger partial charge < -0.3 is 9.64 Å². The number of piperidine rings is 1. The summed E-state index contributed by atoms with van der Waals surface area (Å²) in [6.45, 7) is 3.80. The first-order chi connectivity index (χ1) is 14.7. The molecule has 1 aromatic heterocycles. The monoisotopic (exact) mass is 411 g/mol. The lowest BCUT2D eigenvalue weighted by Crippen LogP contribution is -2.39. The zero-order valence-corrected chi connectivity index (χ0v) is 16.9. The molecule has 1 atom stereocenters. The molecule has 1 saturated heterocycles. The summed E-state index contributed by atoms with van der Waals surface area (Å²) in [7, 11) is 0. The number of ether oxygens (including phenoxy) is 1. The van der Waals surface area contributed by atoms with Crippen molar-refractivity contribution in [3.05, 3.63) is 30.3 Å². The maximum Gasteiger partial charge on any atom is 0.354 e. The summed E-state index contributed by atoms with van der Waals surface area (Å²) >= 11 is 0. The van der Waals surface area contributed by atoms with Crippen LogP contribution in [-0.4, -0.2) is 58.5 Å². The zero-order chi connectivity index (χ0) is 20.9. The Labute approximate surface area is 174 Å². The van der Waals surface area contributed by atoms with Gasteiger partial charge in [0.2, 0.25) is 11.9 Å². The van der Waals surface area contributed by atoms with Crippen LogP contribution in [0.15, 0.2) is 35.4 Å². The van der Waals surface area contributed by atoms with Crippen molar-refractivity contribution < 1.29 is 14.3 Å². The molecule has 2 aromatic rings. The number of amides is 1. The van der Waals surface area contributed by atoms with Crippen LogP contribution in [0.4, 0.5) is 17.6 Å². The standard InChI is InChI=1S/C20H25N7O3/c1-2-30-18(29)15-13-16(27(25-15)14-9-5-3-6-10-14)17(28)21-19-22-20(24-23-19)26-11-7-4-8-12-26/h3,5-6,9-10,16H,2,4,7-8,11-13H2,1H3,(H2,21,22,23,24,28). The summed E-state index contributed by atoms with van der Waals surface area (Å²) < 4.78 is 5.06. The number of nitrogens with one attached hydrogen (secondary N) is 2. The van der Waals surface area contributed by atoms with Gasteiger partial charge >= 0.3 is 5.97 Å². The van der Waals surface area contributed by atoms with Crippen LogP contribution in [0.25, 0.3) is 0 Å². The number of benzene rings is 1. The number of esters is 1. The van der Waals surface area contributed by atoms with Crippen molar-refractivity contribution in [3.8, 4) is 0 Å². The lowest BCUT2D eigenvalue weighted by atomic mass is 10.1. The van der Waals surface area contributed by atoms with Crippen LogP contribution in [0.2, 0.25) is 0 Å². The molecule has 0 bridgehead atoms. The normalized spacial score (nSPS) is 18.8. The second-order valence-corrected chi connectivity index (χ2v) is 7.19. The summed E-state index contributed by atoms with van der Waals surface area (Å²) in [5.74, 6) is 0.0157. The topological polar surface area (TPSA) is 116 Å². The van der Waals surface area contributed by atoms with Gasteiger partial charge in [0, 0.05) is 19.5 Å². The Morgan fingerprint density at radius 3 is 2.70 bits per heavy atom. The van der Waals surface area contributed by atoms with Gasteiger partial charge in [0.1, 0.15) is 11.8 Å². The first-order valence-electron chi connectivity index (χ1n) is 10.2. The van der Waals surface area contributed by atoms with Crippen LogP contribution in [0.1, 0.15) is 32.6 Å². The molecule has 3 heterocycles. The van der Waals surface area contributed by atoms with Gasteiger partial charge in [-0.25, -0.2) is 9.89 Å². The minimum absolute atomic E-state index is 0.146. The largest absolute Gasteiger partial charge is 0.461 e. The van der Waals surface area contributed by atoms with Gasteiger partial charge in [-0.1, -0.05) is 18.2 Å². The molecule has 1 amide bonds. The summed E-state index contributed by atoms with van der Waals surface area (Å²) in [6.07, 6.45) is 3.58. The van der Waals surface area contributed by atoms with E-state index in [1.165, 1.54) is 6.42 Å². The maximum atomic E-state index is 13.0. The van der Waals surface area contributed by atoms with Crippen molar-refractivity contribution in [1.82, 2.24) is 15.2 Å². The van der Waals surface area contributed by atoms with Crippen molar-refractivity contribution in [3.63, 3.8) is 0 Å². The minimum Gasteiger partial charge on any atom is -0.461 e. The molecule has 158 valence electrons. The Hall–Kier alpha value is -3.43. The smallest absolute Gasteiger partial charge is 0.354 e. The summed E-state index contributed by atoms with van der Waals surface area (Å²) in [5, 5.41) is 15.7. The molecule has 1 aromatic carbocycles. The third-order valence-electron chi connectivity index (χ3n) is 5.10. The van der Waals surface area contributed by atoms with E-state index in [4.69, 9.17) is 4.74 Å². The first-order valence-corrected chi connectivity index (χ1v) is 10.2. The Morgan fingerprint density at radius 1 is 1.20 bits per heavy atom. The van der Waals surface area contributed by atoms with Gasteiger partial charge in [-0.15, -0.1) is 5.10 Å². The van der Waals surface area contributed by atoms with Gasteiger partial charge in [-0.2, -0.15) is 10.1 Å². The molecule has 10 nitrogen and oxygen atoms in total. The van der Waals surface area contributed by atoms with Crippen molar-refractivity contribution >= 4 is 35.2 Å². The summed E-state index contributed by atoms with van der Waals surface area (Å²) in [6, 6.07) is 8.55. The molecule has 2 N–H and O–H groups in total. The molecule has 1 fully saturated rings. The average Bonchev–Trinajstić information content (AvgIpc) is 3.43. The first kappa shape index (κ1) is 19.9. The third-order valence-corrected chi connectivity index (χ3v) is 5.10. The van der Waals surface area contributed by atoms with E-state index in [1.807, 2.05) is 30.3 Å². The second-order valence-electron chi connectivity index (χ2n) is 7.19. The van der Waals surface area contributed by atoms with E-state index < -0.39 is 12.0 Å². The van der Waals surface area contributed by atoms with Gasteiger partial charge in [0.05, 0.1) is 12.3 Å². The molecule has 2 aliphatic rings. The predicted octanol–water partition coefficient (Wildman–Crippen LogP) is 1.93. The molecule has 0 radical (unpaired) electrons. The van der Waals surface area contributed by atoms with Crippen molar-refractivity contribution in [1.29, 1.82) is 0 Å². The third kappa shape index (κ3) is 4.27. The summed E-state index contributed by atoms with van der Waals surface area (Å²) in [5.41, 5.74) is 0.927. The number of carbonyl (C=O) groups is 2. The molecule has 0 saturated carbocycles. The SMILES string of the molecule is CCOC(=O)C1=NN(c2ccccc2)C(C(=O)Nc2nc(N3CCCCC3)n[nH]2)C1. The minimum atomic E-state index is -0.699. The van der Waals surface area contributed by atoms with Crippen molar-refractivity contribution in [2.24, 2.45) is 5.10 Å². The maximum absolute atomic E-state index is 13.0. The highest BCUT2D eigenvalue weighted by Crippen LogP contribution is 2.26. The van der Waals surface area contributed by atoms with Crippen LogP contribution in [0.3, 0.4) is 0 Å². The van der Waals surface area contributed by atoms with E-state index in [0.29, 0.717) is 11.6 Å². The number of anilines is 3. The Morgan fingerprint density at radius 2 is 1.97 bits per heavy atom. The molecule has 10 heteroatoms. The lowest BCUT2D eigenvalue weighted by molar-refractivity contribution is -0.135. The molecular formula is C20H25N7O3. The number of hydrazone groups is 1. The van der Waals surface area contributed by atoms with Crippen LogP contribution in [0.5, 0.6) is 0 Å². The number of hydrogen-bond acceptors (Lipinski definition) is 8. The number of hydrogen-bond donors (Lipinski definition) is 2. The highest BCUT2D eigenvalue weighted by atomic mass is 16.5. The number of aromatic nitrogens is 3. The highest BCUT2D eigenvalue weighted by molar-refractivity contribution is 6.38. The number of rotatable bonds is 6. The molecule has 0 aliphatic carbocycles. The second kappa shape index (κ2) is 8.93. The van der Waals surface area contributed by atoms with Crippen LogP contribution >= 0.6 is 0 Å². The van der Waals surface area contributed by atoms with Crippen LogP contribution < -0.4 is 15.2 Å². The Balaban J connectivity index is 1.49. The number of carbonyl (C=O) groups excluding carboxylic acids is 2. The lowest BCUT2D eigenvalue weighted by Gasteiger charge is -2.24. The fourth-order valence-electron chi connectivity index (χ4n) is 3.62. The van der Waals surface area contributed by atoms with E-state index in [9.17, 15) is 9.59 Å². The van der Waals surface area contributed by atoms with E-state index >= 15 is 0 Å². The quantitative estimate of drug-likeness (QED) is 0.698. The van der Waals surface area contributed by atoms with E-state index in [-0.39, 0.29) is 30.6 Å². The van der Waals surface area contributed by atoms with E-state index in [0.717, 1.165) is 25.9 Å². The number of nitrogens with zero attached hydrogens (tertiary/aromatic N) is 5. The van der Waals surface area contributed by atoms with E-state index in [1.54, 1.807) is 11.9 Å². The van der Waals surface area contributed by atoms with Crippen LogP contribution in [0, 0.1) is 0 Å². The molecule has 30 heavy (non-hydrogen) atoms. The highest BCUT2D eigenvalue weighted by Gasteiger charge is 2.37. The van der Waals surface area contributed by atoms with Gasteiger partial charge in [-0.3, -0.25) is 15.1 Å². The fraction of sp³-hybridized carbons (Fsp3) is 0.450. The Kier molecular flexibility index (Phi) is 5.92. The molecule has 0 spiro atoms. The number of H-pyrrole nitrogens is 1. The Bertz CT molecular complexity index is 921. The van der Waals surface area contributed by atoms with Gasteiger partial charge in [-0.05, 0) is 38.3 Å². The average molecular weight is 411 g/mol. The van der Waals surface area contributed by atoms with Crippen molar-refractivity contribution in [2.45, 2.75) is 38.6 Å². The van der Waals surface area contributed by atoms with Crippen molar-refractivity contribution in [2.75, 3.05) is 34.9 Å². The zero-order valence-electron chi connectivity index (χ0n) is 16.9. The summed E-state index contributed by atoms with van der Waals surface area (Å²) in [4.78, 5) is 31.7. The van der Waals surface area contributed by atoms with Crippen LogP contribution in [-0.2, 0) is 14.3 Å². The fourth-order valence-corrected chi connectivity index (χ4v) is 3.62.